The van der Waals surface area contributed by atoms with Crippen LogP contribution in [0.1, 0.15) is 12.1 Å². The molecule has 3 rings (SSSR count). The zero-order valence-corrected chi connectivity index (χ0v) is 9.00. The lowest BCUT2D eigenvalue weighted by molar-refractivity contribution is 0.749. The van der Waals surface area contributed by atoms with Crippen molar-refractivity contribution in [3.63, 3.8) is 0 Å². The highest BCUT2D eigenvalue weighted by Gasteiger charge is 2.38. The molecule has 2 aliphatic rings. The fourth-order valence-electron chi connectivity index (χ4n) is 2.28. The van der Waals surface area contributed by atoms with Gasteiger partial charge in [0.25, 0.3) is 0 Å². The molecule has 2 unspecified atom stereocenters. The Morgan fingerprint density at radius 3 is 3.07 bits per heavy atom. The van der Waals surface area contributed by atoms with Crippen molar-refractivity contribution < 1.29 is 0 Å². The Bertz CT molecular complexity index is 355. The maximum atomic E-state index is 4.35. The largest absolute Gasteiger partial charge is 0.352 e. The average Bonchev–Trinajstić information content (AvgIpc) is 2.78. The maximum Gasteiger partial charge on any atom is 0.132 e. The van der Waals surface area contributed by atoms with E-state index in [1.165, 1.54) is 18.7 Å². The lowest BCUT2D eigenvalue weighted by Gasteiger charge is -2.27. The Balaban J connectivity index is 1.89. The summed E-state index contributed by atoms with van der Waals surface area (Å²) < 4.78 is 0. The minimum Gasteiger partial charge on any atom is -0.352 e. The first-order chi connectivity index (χ1) is 6.83. The number of thioether (sulfide) groups is 1. The molecular weight excluding hydrogens is 194 g/mol. The van der Waals surface area contributed by atoms with E-state index in [9.17, 15) is 0 Å². The number of hydrogen-bond donors (Lipinski definition) is 0. The summed E-state index contributed by atoms with van der Waals surface area (Å²) in [5, 5.41) is 0.843. The molecule has 74 valence electrons. The molecular formula is C10H13N3S. The molecule has 2 atom stereocenters. The number of aryl methyl sites for hydroxylation is 1. The van der Waals surface area contributed by atoms with Crippen molar-refractivity contribution in [3.8, 4) is 0 Å². The molecule has 0 saturated carbocycles. The molecule has 0 N–H and O–H groups in total. The van der Waals surface area contributed by atoms with Gasteiger partial charge in [0.05, 0.1) is 0 Å². The van der Waals surface area contributed by atoms with E-state index in [0.717, 1.165) is 22.8 Å². The van der Waals surface area contributed by atoms with Crippen molar-refractivity contribution in [3.05, 3.63) is 18.1 Å². The predicted molar refractivity (Wildman–Crippen MR) is 58.8 cm³/mol. The molecule has 14 heavy (non-hydrogen) atoms. The van der Waals surface area contributed by atoms with E-state index in [4.69, 9.17) is 0 Å². The van der Waals surface area contributed by atoms with Crippen LogP contribution in [0.25, 0.3) is 0 Å². The van der Waals surface area contributed by atoms with Gasteiger partial charge in [0.1, 0.15) is 12.1 Å². The number of hydrogen-bond acceptors (Lipinski definition) is 4. The number of nitrogens with zero attached hydrogens (tertiary/aromatic N) is 3. The van der Waals surface area contributed by atoms with E-state index < -0.39 is 0 Å². The summed E-state index contributed by atoms with van der Waals surface area (Å²) in [7, 11) is 0. The molecule has 2 bridgehead atoms. The van der Waals surface area contributed by atoms with Gasteiger partial charge in [-0.15, -0.1) is 0 Å². The number of rotatable bonds is 1. The molecule has 2 aliphatic heterocycles. The van der Waals surface area contributed by atoms with Gasteiger partial charge in [0, 0.05) is 35.3 Å². The molecule has 1 aromatic heterocycles. The van der Waals surface area contributed by atoms with Crippen molar-refractivity contribution in [2.45, 2.75) is 24.6 Å². The van der Waals surface area contributed by atoms with E-state index in [-0.39, 0.29) is 0 Å². The summed E-state index contributed by atoms with van der Waals surface area (Å²) in [6.45, 7) is 3.19. The second-order valence-electron chi connectivity index (χ2n) is 4.01. The standard InChI is InChI=1S/C10H13N3S/c1-7-2-10(12-6-11-7)13-4-9-3-8(13)5-14-9/h2,6,8-9H,3-5H2,1H3. The maximum absolute atomic E-state index is 4.35. The van der Waals surface area contributed by atoms with Crippen LogP contribution in [0.2, 0.25) is 0 Å². The van der Waals surface area contributed by atoms with Gasteiger partial charge in [-0.05, 0) is 13.3 Å². The van der Waals surface area contributed by atoms with Gasteiger partial charge in [-0.25, -0.2) is 9.97 Å². The lowest BCUT2D eigenvalue weighted by Crippen LogP contribution is -2.34. The Morgan fingerprint density at radius 1 is 1.50 bits per heavy atom. The van der Waals surface area contributed by atoms with Crippen LogP contribution in [0.5, 0.6) is 0 Å². The van der Waals surface area contributed by atoms with E-state index in [1.54, 1.807) is 6.33 Å². The Labute approximate surface area is 87.9 Å². The minimum absolute atomic E-state index is 0.722. The number of fused-ring (bicyclic) bond motifs is 2. The van der Waals surface area contributed by atoms with Crippen molar-refractivity contribution in [1.29, 1.82) is 0 Å². The van der Waals surface area contributed by atoms with Crippen molar-refractivity contribution in [1.82, 2.24) is 9.97 Å². The first-order valence-corrected chi connectivity index (χ1v) is 6.05. The quantitative estimate of drug-likeness (QED) is 0.697. The van der Waals surface area contributed by atoms with E-state index in [2.05, 4.69) is 32.7 Å². The van der Waals surface area contributed by atoms with Crippen LogP contribution in [-0.4, -0.2) is 33.6 Å². The second kappa shape index (κ2) is 3.12. The topological polar surface area (TPSA) is 29.0 Å². The molecule has 0 radical (unpaired) electrons. The molecule has 0 spiro atoms. The third-order valence-corrected chi connectivity index (χ3v) is 4.37. The van der Waals surface area contributed by atoms with Gasteiger partial charge in [-0.1, -0.05) is 0 Å². The number of anilines is 1. The third kappa shape index (κ3) is 1.29. The molecule has 0 amide bonds. The summed E-state index contributed by atoms with van der Waals surface area (Å²) >= 11 is 2.11. The van der Waals surface area contributed by atoms with Gasteiger partial charge < -0.3 is 4.90 Å². The normalized spacial score (nSPS) is 29.9. The van der Waals surface area contributed by atoms with Gasteiger partial charge >= 0.3 is 0 Å². The van der Waals surface area contributed by atoms with E-state index in [1.807, 2.05) is 6.92 Å². The zero-order valence-electron chi connectivity index (χ0n) is 8.18. The summed E-state index contributed by atoms with van der Waals surface area (Å²) in [5.74, 6) is 2.39. The Kier molecular flexibility index (Phi) is 1.90. The molecule has 0 aliphatic carbocycles. The SMILES string of the molecule is Cc1cc(N2CC3CC2CS3)ncn1. The van der Waals surface area contributed by atoms with Gasteiger partial charge in [0.15, 0.2) is 0 Å². The lowest BCUT2D eigenvalue weighted by atomic mass is 10.2. The predicted octanol–water partition coefficient (Wildman–Crippen LogP) is 1.48. The van der Waals surface area contributed by atoms with Crippen molar-refractivity contribution >= 4 is 17.6 Å². The van der Waals surface area contributed by atoms with Crippen molar-refractivity contribution in [2.75, 3.05) is 17.2 Å². The monoisotopic (exact) mass is 207 g/mol. The van der Waals surface area contributed by atoms with Gasteiger partial charge in [-0.3, -0.25) is 0 Å². The molecule has 2 saturated heterocycles. The highest BCUT2D eigenvalue weighted by molar-refractivity contribution is 8.00. The van der Waals surface area contributed by atoms with E-state index >= 15 is 0 Å². The second-order valence-corrected chi connectivity index (χ2v) is 5.35. The minimum atomic E-state index is 0.722. The Hall–Kier alpha value is -0.770. The number of aromatic nitrogens is 2. The average molecular weight is 207 g/mol. The Morgan fingerprint density at radius 2 is 2.43 bits per heavy atom. The van der Waals surface area contributed by atoms with Crippen LogP contribution < -0.4 is 4.90 Å². The fraction of sp³-hybridized carbons (Fsp3) is 0.600. The molecule has 1 aromatic rings. The molecule has 0 aromatic carbocycles. The fourth-order valence-corrected chi connectivity index (χ4v) is 3.71. The summed E-state index contributed by atoms with van der Waals surface area (Å²) in [4.78, 5) is 10.9. The van der Waals surface area contributed by atoms with Crippen LogP contribution in [0.15, 0.2) is 12.4 Å². The van der Waals surface area contributed by atoms with Crippen LogP contribution in [0, 0.1) is 6.92 Å². The third-order valence-electron chi connectivity index (χ3n) is 2.98. The molecule has 3 nitrogen and oxygen atoms in total. The van der Waals surface area contributed by atoms with Gasteiger partial charge in [0.2, 0.25) is 0 Å². The summed E-state index contributed by atoms with van der Waals surface area (Å²) in [6.07, 6.45) is 3.01. The highest BCUT2D eigenvalue weighted by Crippen LogP contribution is 2.39. The highest BCUT2D eigenvalue weighted by atomic mass is 32.2. The van der Waals surface area contributed by atoms with Crippen LogP contribution >= 0.6 is 11.8 Å². The molecule has 3 heterocycles. The molecule has 4 heteroatoms. The summed E-state index contributed by atoms with van der Waals surface area (Å²) in [6, 6.07) is 2.81. The van der Waals surface area contributed by atoms with E-state index in [0.29, 0.717) is 0 Å². The first-order valence-electron chi connectivity index (χ1n) is 5.00. The first kappa shape index (κ1) is 8.53. The zero-order chi connectivity index (χ0) is 9.54. The molecule has 2 fully saturated rings. The summed E-state index contributed by atoms with van der Waals surface area (Å²) in [5.41, 5.74) is 1.06. The van der Waals surface area contributed by atoms with Crippen LogP contribution in [-0.2, 0) is 0 Å². The van der Waals surface area contributed by atoms with Gasteiger partial charge in [-0.2, -0.15) is 11.8 Å². The van der Waals surface area contributed by atoms with Crippen LogP contribution in [0.4, 0.5) is 5.82 Å². The smallest absolute Gasteiger partial charge is 0.132 e. The van der Waals surface area contributed by atoms with Crippen molar-refractivity contribution in [2.24, 2.45) is 0 Å². The van der Waals surface area contributed by atoms with Crippen LogP contribution in [0.3, 0.4) is 0 Å².